The second kappa shape index (κ2) is 8.04. The molecule has 2 rings (SSSR count). The maximum Gasteiger partial charge on any atom is 0.237 e. The van der Waals surface area contributed by atoms with Gasteiger partial charge in [-0.3, -0.25) is 9.59 Å². The molecule has 1 N–H and O–H groups in total. The minimum absolute atomic E-state index is 0.197. The maximum atomic E-state index is 13.9. The molecule has 0 bridgehead atoms. The second-order valence-electron chi connectivity index (χ2n) is 6.36. The Morgan fingerprint density at radius 2 is 1.96 bits per heavy atom. The van der Waals surface area contributed by atoms with Gasteiger partial charge in [0.25, 0.3) is 0 Å². The number of amides is 2. The minimum atomic E-state index is -1.71. The number of rotatable bonds is 5. The fourth-order valence-corrected chi connectivity index (χ4v) is 3.17. The summed E-state index contributed by atoms with van der Waals surface area (Å²) >= 11 is 6.27. The number of carbonyl (C=O) groups is 2. The number of halogens is 4. The lowest BCUT2D eigenvalue weighted by Crippen LogP contribution is -2.34. The molecule has 27 heavy (non-hydrogen) atoms. The molecule has 1 aromatic carbocycles. The molecule has 1 fully saturated rings. The summed E-state index contributed by atoms with van der Waals surface area (Å²) in [5, 5.41) is 2.47. The van der Waals surface area contributed by atoms with Gasteiger partial charge in [0.1, 0.15) is 11.1 Å². The molecule has 9 heteroatoms. The lowest BCUT2D eigenvalue weighted by atomic mass is 9.87. The van der Waals surface area contributed by atoms with E-state index in [1.54, 1.807) is 19.0 Å². The number of benzene rings is 1. The van der Waals surface area contributed by atoms with Crippen LogP contribution in [0.2, 0.25) is 0 Å². The number of nitrogens with one attached hydrogen (secondary N) is 1. The van der Waals surface area contributed by atoms with Gasteiger partial charge in [0, 0.05) is 33.6 Å². The molecule has 2 amide bonds. The summed E-state index contributed by atoms with van der Waals surface area (Å²) < 4.78 is 40.3. The van der Waals surface area contributed by atoms with Gasteiger partial charge in [-0.2, -0.15) is 0 Å². The number of anilines is 1. The van der Waals surface area contributed by atoms with Crippen LogP contribution in [0.4, 0.5) is 18.9 Å². The predicted molar refractivity (Wildman–Crippen MR) is 96.3 cm³/mol. The first-order valence-corrected chi connectivity index (χ1v) is 8.36. The van der Waals surface area contributed by atoms with Crippen molar-refractivity contribution >= 4 is 29.1 Å². The Bertz CT molecular complexity index is 826. The van der Waals surface area contributed by atoms with Crippen LogP contribution in [0.5, 0.6) is 0 Å². The molecule has 0 aliphatic carbocycles. The fraction of sp³-hybridized carbons (Fsp3) is 0.333. The number of nitrogens with zero attached hydrogens (tertiary/aromatic N) is 2. The molecule has 0 spiro atoms. The Labute approximate surface area is 160 Å². The van der Waals surface area contributed by atoms with Gasteiger partial charge in [0.2, 0.25) is 11.8 Å². The molecule has 0 aromatic heterocycles. The zero-order valence-corrected chi connectivity index (χ0v) is 15.8. The van der Waals surface area contributed by atoms with Crippen LogP contribution in [0.1, 0.15) is 0 Å². The third-order valence-electron chi connectivity index (χ3n) is 4.34. The van der Waals surface area contributed by atoms with Crippen LogP contribution in [0.25, 0.3) is 0 Å². The summed E-state index contributed by atoms with van der Waals surface area (Å²) in [5.74, 6) is -7.82. The first-order chi connectivity index (χ1) is 12.6. The second-order valence-corrected chi connectivity index (χ2v) is 6.72. The third-order valence-corrected chi connectivity index (χ3v) is 4.90. The molecular formula is C18H19ClF3N3O2. The molecule has 0 radical (unpaired) electrons. The maximum absolute atomic E-state index is 13.9. The molecule has 1 heterocycles. The Hall–Kier alpha value is -2.48. The standard InChI is InChI=1S/C18H19ClF3N3O2/c1-5-9(16(19)24(2)3)10-8-25(4)18(27)13(10)17(26)23-12-7-6-11(20)14(21)15(12)22/h5-7,10,13H,1,8H2,2-4H3,(H,23,26)/b16-9+/t10-,13+/m1/s1. The normalized spacial score (nSPS) is 20.4. The van der Waals surface area contributed by atoms with E-state index in [-0.39, 0.29) is 6.54 Å². The first kappa shape index (κ1) is 20.8. The van der Waals surface area contributed by atoms with Crippen molar-refractivity contribution in [3.8, 4) is 0 Å². The third kappa shape index (κ3) is 3.95. The average molecular weight is 402 g/mol. The van der Waals surface area contributed by atoms with Gasteiger partial charge < -0.3 is 15.1 Å². The van der Waals surface area contributed by atoms with Crippen LogP contribution in [0.3, 0.4) is 0 Å². The van der Waals surface area contributed by atoms with Crippen LogP contribution in [-0.4, -0.2) is 49.3 Å². The first-order valence-electron chi connectivity index (χ1n) is 7.98. The van der Waals surface area contributed by atoms with E-state index in [4.69, 9.17) is 11.6 Å². The summed E-state index contributed by atoms with van der Waals surface area (Å²) in [5.41, 5.74) is -0.0758. The van der Waals surface area contributed by atoms with Crippen molar-refractivity contribution in [1.29, 1.82) is 0 Å². The zero-order valence-electron chi connectivity index (χ0n) is 15.0. The summed E-state index contributed by atoms with van der Waals surface area (Å²) in [7, 11) is 4.90. The number of allylic oxidation sites excluding steroid dienone is 1. The molecular weight excluding hydrogens is 383 g/mol. The van der Waals surface area contributed by atoms with Crippen molar-refractivity contribution in [3.63, 3.8) is 0 Å². The van der Waals surface area contributed by atoms with E-state index in [0.717, 1.165) is 6.07 Å². The van der Waals surface area contributed by atoms with E-state index in [1.165, 1.54) is 18.0 Å². The van der Waals surface area contributed by atoms with Crippen molar-refractivity contribution in [2.45, 2.75) is 0 Å². The Kier molecular flexibility index (Phi) is 6.20. The van der Waals surface area contributed by atoms with Crippen LogP contribution in [0, 0.1) is 29.3 Å². The quantitative estimate of drug-likeness (QED) is 0.357. The van der Waals surface area contributed by atoms with Crippen LogP contribution in [-0.2, 0) is 9.59 Å². The van der Waals surface area contributed by atoms with Gasteiger partial charge in [0.05, 0.1) is 5.69 Å². The molecule has 1 aliphatic heterocycles. The largest absolute Gasteiger partial charge is 0.368 e. The lowest BCUT2D eigenvalue weighted by Gasteiger charge is -2.22. The van der Waals surface area contributed by atoms with Crippen molar-refractivity contribution in [2.24, 2.45) is 11.8 Å². The van der Waals surface area contributed by atoms with Crippen molar-refractivity contribution in [2.75, 3.05) is 33.0 Å². The minimum Gasteiger partial charge on any atom is -0.368 e. The van der Waals surface area contributed by atoms with Gasteiger partial charge in [-0.15, -0.1) is 0 Å². The summed E-state index contributed by atoms with van der Waals surface area (Å²) in [6, 6.07) is 1.58. The number of carbonyl (C=O) groups excluding carboxylic acids is 2. The zero-order chi connectivity index (χ0) is 20.5. The highest BCUT2D eigenvalue weighted by atomic mass is 35.5. The van der Waals surface area contributed by atoms with Crippen molar-refractivity contribution in [3.05, 3.63) is 53.0 Å². The van der Waals surface area contributed by atoms with Gasteiger partial charge in [-0.25, -0.2) is 13.2 Å². The van der Waals surface area contributed by atoms with Crippen molar-refractivity contribution in [1.82, 2.24) is 9.80 Å². The van der Waals surface area contributed by atoms with Gasteiger partial charge in [-0.05, 0) is 17.7 Å². The van der Waals surface area contributed by atoms with Crippen LogP contribution in [0.15, 0.2) is 35.5 Å². The van der Waals surface area contributed by atoms with E-state index in [9.17, 15) is 22.8 Å². The molecule has 1 saturated heterocycles. The Morgan fingerprint density at radius 3 is 2.52 bits per heavy atom. The highest BCUT2D eigenvalue weighted by Crippen LogP contribution is 2.35. The highest BCUT2D eigenvalue weighted by molar-refractivity contribution is 6.29. The van der Waals surface area contributed by atoms with E-state index in [2.05, 4.69) is 11.9 Å². The Morgan fingerprint density at radius 1 is 1.33 bits per heavy atom. The summed E-state index contributed by atoms with van der Waals surface area (Å²) in [6.45, 7) is 3.89. The molecule has 0 unspecified atom stereocenters. The summed E-state index contributed by atoms with van der Waals surface area (Å²) in [6.07, 6.45) is 1.46. The fourth-order valence-electron chi connectivity index (χ4n) is 2.95. The topological polar surface area (TPSA) is 52.7 Å². The monoisotopic (exact) mass is 401 g/mol. The van der Waals surface area contributed by atoms with Crippen molar-refractivity contribution < 1.29 is 22.8 Å². The Balaban J connectivity index is 2.40. The van der Waals surface area contributed by atoms with Gasteiger partial charge in [0.15, 0.2) is 17.5 Å². The summed E-state index contributed by atoms with van der Waals surface area (Å²) in [4.78, 5) is 28.1. The number of likely N-dealkylation sites (tertiary alicyclic amines) is 1. The molecule has 1 aliphatic rings. The molecule has 5 nitrogen and oxygen atoms in total. The molecule has 146 valence electrons. The molecule has 0 saturated carbocycles. The number of hydrogen-bond acceptors (Lipinski definition) is 3. The lowest BCUT2D eigenvalue weighted by molar-refractivity contribution is -0.135. The molecule has 1 aromatic rings. The van der Waals surface area contributed by atoms with E-state index in [0.29, 0.717) is 16.8 Å². The molecule has 2 atom stereocenters. The average Bonchev–Trinajstić information content (AvgIpc) is 2.90. The van der Waals surface area contributed by atoms with Gasteiger partial charge in [-0.1, -0.05) is 24.3 Å². The van der Waals surface area contributed by atoms with Crippen LogP contribution >= 0.6 is 11.6 Å². The predicted octanol–water partition coefficient (Wildman–Crippen LogP) is 2.94. The van der Waals surface area contributed by atoms with E-state index >= 15 is 0 Å². The smallest absolute Gasteiger partial charge is 0.237 e. The SMILES string of the molecule is C=C/C(=C(/Cl)N(C)C)[C@H]1CN(C)C(=O)[C@@H]1C(=O)Nc1ccc(F)c(F)c1F. The van der Waals surface area contributed by atoms with Crippen LogP contribution < -0.4 is 5.32 Å². The van der Waals surface area contributed by atoms with E-state index < -0.39 is 46.8 Å². The number of hydrogen-bond donors (Lipinski definition) is 1. The van der Waals surface area contributed by atoms with E-state index in [1.807, 2.05) is 0 Å². The van der Waals surface area contributed by atoms with Gasteiger partial charge >= 0.3 is 0 Å². The highest BCUT2D eigenvalue weighted by Gasteiger charge is 2.45.